The van der Waals surface area contributed by atoms with E-state index in [0.29, 0.717) is 5.82 Å². The maximum absolute atomic E-state index is 11.7. The second-order valence-electron chi connectivity index (χ2n) is 5.55. The third-order valence-electron chi connectivity index (χ3n) is 3.60. The van der Waals surface area contributed by atoms with Gasteiger partial charge in [-0.1, -0.05) is 0 Å². The number of carbonyl (C=O) groups is 1. The van der Waals surface area contributed by atoms with Crippen LogP contribution in [0.15, 0.2) is 0 Å². The number of hydrogen-bond acceptors (Lipinski definition) is 5. The summed E-state index contributed by atoms with van der Waals surface area (Å²) >= 11 is 0. The molecule has 8 heteroatoms. The lowest BCUT2D eigenvalue weighted by Gasteiger charge is -2.17. The Balaban J connectivity index is 1.86. The molecule has 0 saturated carbocycles. The molecule has 0 radical (unpaired) electrons. The summed E-state index contributed by atoms with van der Waals surface area (Å²) in [5, 5.41) is 2.72. The van der Waals surface area contributed by atoms with Gasteiger partial charge in [-0.2, -0.15) is 0 Å². The molecule has 1 aromatic rings. The van der Waals surface area contributed by atoms with E-state index in [4.69, 9.17) is 0 Å². The minimum Gasteiger partial charge on any atom is -0.349 e. The Morgan fingerprint density at radius 2 is 1.95 bits per heavy atom. The molecule has 1 aliphatic rings. The van der Waals surface area contributed by atoms with Crippen molar-refractivity contribution in [3.63, 3.8) is 0 Å². The Morgan fingerprint density at radius 3 is 2.68 bits per heavy atom. The second-order valence-corrected chi connectivity index (χ2v) is 7.38. The highest BCUT2D eigenvalue weighted by atomic mass is 32.2. The van der Waals surface area contributed by atoms with E-state index >= 15 is 0 Å². The van der Waals surface area contributed by atoms with Gasteiger partial charge in [0, 0.05) is 24.4 Å². The van der Waals surface area contributed by atoms with E-state index in [2.05, 4.69) is 20.0 Å². The zero-order chi connectivity index (χ0) is 16.2. The molecule has 0 spiro atoms. The zero-order valence-electron chi connectivity index (χ0n) is 13.0. The molecule has 0 aromatic carbocycles. The number of fused-ring (bicyclic) bond motifs is 1. The van der Waals surface area contributed by atoms with Gasteiger partial charge in [-0.15, -0.1) is 0 Å². The van der Waals surface area contributed by atoms with Gasteiger partial charge in [0.1, 0.15) is 5.82 Å². The lowest BCUT2D eigenvalue weighted by Crippen LogP contribution is -2.30. The van der Waals surface area contributed by atoms with Crippen molar-refractivity contribution >= 4 is 15.9 Å². The topological polar surface area (TPSA) is 101 Å². The number of hydrogen-bond donors (Lipinski definition) is 2. The number of aryl methyl sites for hydroxylation is 2. The van der Waals surface area contributed by atoms with Gasteiger partial charge in [0.2, 0.25) is 15.9 Å². The van der Waals surface area contributed by atoms with Crippen molar-refractivity contribution in [3.05, 3.63) is 22.8 Å². The summed E-state index contributed by atoms with van der Waals surface area (Å²) in [4.78, 5) is 20.6. The molecule has 0 unspecified atom stereocenters. The van der Waals surface area contributed by atoms with Crippen molar-refractivity contribution in [1.82, 2.24) is 20.0 Å². The summed E-state index contributed by atoms with van der Waals surface area (Å²) in [6.07, 6.45) is 5.49. The summed E-state index contributed by atoms with van der Waals surface area (Å²) in [5.41, 5.74) is 3.34. The lowest BCUT2D eigenvalue weighted by molar-refractivity contribution is -0.121. The molecular weight excluding hydrogens is 304 g/mol. The van der Waals surface area contributed by atoms with Crippen LogP contribution < -0.4 is 10.0 Å². The average molecular weight is 326 g/mol. The van der Waals surface area contributed by atoms with Crippen LogP contribution in [0.1, 0.15) is 42.0 Å². The van der Waals surface area contributed by atoms with Crippen LogP contribution in [-0.2, 0) is 34.2 Å². The van der Waals surface area contributed by atoms with Crippen LogP contribution in [-0.4, -0.2) is 37.1 Å². The fraction of sp³-hybridized carbons (Fsp3) is 0.643. The third-order valence-corrected chi connectivity index (χ3v) is 4.32. The largest absolute Gasteiger partial charge is 0.349 e. The van der Waals surface area contributed by atoms with Crippen molar-refractivity contribution < 1.29 is 13.2 Å². The van der Waals surface area contributed by atoms with Crippen molar-refractivity contribution in [1.29, 1.82) is 0 Å². The number of sulfonamides is 1. The first-order valence-corrected chi connectivity index (χ1v) is 9.31. The Hall–Kier alpha value is -1.54. The predicted octanol–water partition coefficient (Wildman–Crippen LogP) is 0.219. The van der Waals surface area contributed by atoms with Gasteiger partial charge in [0.25, 0.3) is 0 Å². The van der Waals surface area contributed by atoms with Gasteiger partial charge in [0.05, 0.1) is 12.8 Å². The minimum atomic E-state index is -3.26. The Labute approximate surface area is 131 Å². The summed E-state index contributed by atoms with van der Waals surface area (Å²) in [6.45, 7) is 2.34. The van der Waals surface area contributed by atoms with E-state index in [0.717, 1.165) is 36.9 Å². The van der Waals surface area contributed by atoms with Crippen molar-refractivity contribution in [3.8, 4) is 0 Å². The summed E-state index contributed by atoms with van der Waals surface area (Å²) in [7, 11) is -3.26. The first-order chi connectivity index (χ1) is 10.3. The van der Waals surface area contributed by atoms with E-state index in [1.807, 2.05) is 6.92 Å². The van der Waals surface area contributed by atoms with Gasteiger partial charge in [-0.25, -0.2) is 23.1 Å². The third kappa shape index (κ3) is 5.03. The molecule has 2 N–H and O–H groups in total. The van der Waals surface area contributed by atoms with Crippen LogP contribution >= 0.6 is 0 Å². The van der Waals surface area contributed by atoms with Crippen molar-refractivity contribution in [2.45, 2.75) is 45.6 Å². The standard InChI is InChI=1S/C14H22N4O3S/c1-10-11-5-3-4-6-12(11)18-13(17-10)9-15-14(19)7-8-16-22(2,20)21/h16H,3-9H2,1-2H3,(H,15,19). The fourth-order valence-corrected chi connectivity index (χ4v) is 3.01. The minimum absolute atomic E-state index is 0.0920. The van der Waals surface area contributed by atoms with Crippen molar-refractivity contribution in [2.24, 2.45) is 0 Å². The van der Waals surface area contributed by atoms with Crippen LogP contribution in [0.25, 0.3) is 0 Å². The van der Waals surface area contributed by atoms with Crippen LogP contribution in [0.2, 0.25) is 0 Å². The van der Waals surface area contributed by atoms with Gasteiger partial charge in [0.15, 0.2) is 0 Å². The molecule has 0 saturated heterocycles. The number of carbonyl (C=O) groups excluding carboxylic acids is 1. The number of amides is 1. The van der Waals surface area contributed by atoms with E-state index < -0.39 is 10.0 Å². The molecule has 0 fully saturated rings. The Bertz CT molecular complexity index is 658. The molecule has 0 aliphatic heterocycles. The normalized spacial score (nSPS) is 14.5. The average Bonchev–Trinajstić information content (AvgIpc) is 2.44. The van der Waals surface area contributed by atoms with Gasteiger partial charge in [-0.3, -0.25) is 4.79 Å². The first kappa shape index (κ1) is 16.8. The van der Waals surface area contributed by atoms with E-state index in [-0.39, 0.29) is 25.4 Å². The first-order valence-electron chi connectivity index (χ1n) is 7.42. The molecule has 2 rings (SSSR count). The molecule has 7 nitrogen and oxygen atoms in total. The number of nitrogens with zero attached hydrogens (tertiary/aromatic N) is 2. The lowest BCUT2D eigenvalue weighted by atomic mass is 9.95. The van der Waals surface area contributed by atoms with Crippen LogP contribution in [0.4, 0.5) is 0 Å². The highest BCUT2D eigenvalue weighted by Gasteiger charge is 2.15. The van der Waals surface area contributed by atoms with Crippen LogP contribution in [0, 0.1) is 6.92 Å². The molecule has 0 atom stereocenters. The summed E-state index contributed by atoms with van der Waals surface area (Å²) in [6, 6.07) is 0. The van der Waals surface area contributed by atoms with Gasteiger partial charge in [-0.05, 0) is 38.2 Å². The molecule has 0 bridgehead atoms. The molecule has 1 heterocycles. The Morgan fingerprint density at radius 1 is 1.23 bits per heavy atom. The van der Waals surface area contributed by atoms with Crippen LogP contribution in [0.5, 0.6) is 0 Å². The monoisotopic (exact) mass is 326 g/mol. The maximum atomic E-state index is 11.7. The van der Waals surface area contributed by atoms with Crippen LogP contribution in [0.3, 0.4) is 0 Å². The molecule has 122 valence electrons. The van der Waals surface area contributed by atoms with Gasteiger partial charge < -0.3 is 5.32 Å². The molecule has 1 aliphatic carbocycles. The molecule has 1 amide bonds. The second kappa shape index (κ2) is 7.15. The summed E-state index contributed by atoms with van der Waals surface area (Å²) in [5.74, 6) is 0.387. The molecule has 1 aromatic heterocycles. The zero-order valence-corrected chi connectivity index (χ0v) is 13.8. The molecule has 22 heavy (non-hydrogen) atoms. The van der Waals surface area contributed by atoms with Crippen molar-refractivity contribution in [2.75, 3.05) is 12.8 Å². The van der Waals surface area contributed by atoms with E-state index in [1.165, 1.54) is 12.0 Å². The van der Waals surface area contributed by atoms with Gasteiger partial charge >= 0.3 is 0 Å². The Kier molecular flexibility index (Phi) is 5.47. The highest BCUT2D eigenvalue weighted by Crippen LogP contribution is 2.21. The number of aromatic nitrogens is 2. The smallest absolute Gasteiger partial charge is 0.221 e. The quantitative estimate of drug-likeness (QED) is 0.779. The van der Waals surface area contributed by atoms with E-state index in [1.54, 1.807) is 0 Å². The predicted molar refractivity (Wildman–Crippen MR) is 82.7 cm³/mol. The number of rotatable bonds is 6. The molecular formula is C14H22N4O3S. The fourth-order valence-electron chi connectivity index (χ4n) is 2.54. The maximum Gasteiger partial charge on any atom is 0.221 e. The number of nitrogens with one attached hydrogen (secondary N) is 2. The highest BCUT2D eigenvalue weighted by molar-refractivity contribution is 7.88. The SMILES string of the molecule is Cc1nc(CNC(=O)CCNS(C)(=O)=O)nc2c1CCCC2. The van der Waals surface area contributed by atoms with E-state index in [9.17, 15) is 13.2 Å². The summed E-state index contributed by atoms with van der Waals surface area (Å²) < 4.78 is 24.1.